The van der Waals surface area contributed by atoms with E-state index in [4.69, 9.17) is 0 Å². The molecule has 1 aromatic carbocycles. The first-order valence-corrected chi connectivity index (χ1v) is 6.98. The summed E-state index contributed by atoms with van der Waals surface area (Å²) >= 11 is 1.12. The van der Waals surface area contributed by atoms with Crippen LogP contribution in [0.25, 0.3) is 4.96 Å². The van der Waals surface area contributed by atoms with Crippen molar-refractivity contribution in [3.05, 3.63) is 40.7 Å². The average molecular weight is 311 g/mol. The van der Waals surface area contributed by atoms with E-state index < -0.39 is 12.0 Å². The largest absolute Gasteiger partial charge is 0.453 e. The van der Waals surface area contributed by atoms with E-state index in [0.29, 0.717) is 11.4 Å². The molecule has 1 aliphatic rings. The SMILES string of the molecule is FC(F)(F)c1nnc2sc(C3Cc4ccccc4N3)nn12. The van der Waals surface area contributed by atoms with Crippen LogP contribution in [0.3, 0.4) is 0 Å². The van der Waals surface area contributed by atoms with Crippen molar-refractivity contribution in [1.82, 2.24) is 19.8 Å². The molecular weight excluding hydrogens is 303 g/mol. The molecule has 0 fully saturated rings. The van der Waals surface area contributed by atoms with Crippen molar-refractivity contribution in [1.29, 1.82) is 0 Å². The van der Waals surface area contributed by atoms with E-state index in [1.807, 2.05) is 24.3 Å². The Morgan fingerprint density at radius 1 is 1.24 bits per heavy atom. The predicted molar refractivity (Wildman–Crippen MR) is 70.2 cm³/mol. The molecular formula is C12H8F3N5S. The molecule has 1 atom stereocenters. The number of halogens is 3. The lowest BCUT2D eigenvalue weighted by molar-refractivity contribution is -0.146. The monoisotopic (exact) mass is 311 g/mol. The Morgan fingerprint density at radius 2 is 2.05 bits per heavy atom. The molecule has 0 aliphatic carbocycles. The van der Waals surface area contributed by atoms with E-state index in [0.717, 1.165) is 27.1 Å². The van der Waals surface area contributed by atoms with Gasteiger partial charge in [0.15, 0.2) is 0 Å². The molecule has 4 rings (SSSR count). The fourth-order valence-electron chi connectivity index (χ4n) is 2.40. The van der Waals surface area contributed by atoms with Crippen LogP contribution in [0.15, 0.2) is 24.3 Å². The van der Waals surface area contributed by atoms with E-state index in [9.17, 15) is 13.2 Å². The van der Waals surface area contributed by atoms with E-state index in [1.165, 1.54) is 0 Å². The lowest BCUT2D eigenvalue weighted by Gasteiger charge is -2.06. The zero-order chi connectivity index (χ0) is 14.6. The van der Waals surface area contributed by atoms with Crippen LogP contribution < -0.4 is 5.32 Å². The van der Waals surface area contributed by atoms with Gasteiger partial charge in [0.25, 0.3) is 5.82 Å². The van der Waals surface area contributed by atoms with Gasteiger partial charge in [0.1, 0.15) is 5.01 Å². The van der Waals surface area contributed by atoms with Crippen molar-refractivity contribution in [2.75, 3.05) is 5.32 Å². The highest BCUT2D eigenvalue weighted by molar-refractivity contribution is 7.16. The van der Waals surface area contributed by atoms with Gasteiger partial charge in [-0.1, -0.05) is 29.5 Å². The van der Waals surface area contributed by atoms with Crippen LogP contribution in [-0.2, 0) is 12.6 Å². The summed E-state index contributed by atoms with van der Waals surface area (Å²) in [7, 11) is 0. The van der Waals surface area contributed by atoms with Crippen molar-refractivity contribution in [3.8, 4) is 0 Å². The molecule has 2 aromatic heterocycles. The number of benzene rings is 1. The second kappa shape index (κ2) is 4.17. The summed E-state index contributed by atoms with van der Waals surface area (Å²) in [6.07, 6.45) is -3.86. The molecule has 0 amide bonds. The maximum atomic E-state index is 12.8. The van der Waals surface area contributed by atoms with Gasteiger partial charge in [-0.2, -0.15) is 22.8 Å². The number of anilines is 1. The molecule has 21 heavy (non-hydrogen) atoms. The summed E-state index contributed by atoms with van der Waals surface area (Å²) in [5.41, 5.74) is 2.12. The van der Waals surface area contributed by atoms with Crippen LogP contribution >= 0.6 is 11.3 Å². The first-order chi connectivity index (χ1) is 10.0. The number of fused-ring (bicyclic) bond motifs is 2. The molecule has 3 heterocycles. The molecule has 1 aliphatic heterocycles. The summed E-state index contributed by atoms with van der Waals surface area (Å²) in [5, 5.41) is 14.6. The standard InChI is InChI=1S/C12H8F3N5S/c13-12(14,15)10-17-18-11-20(10)19-9(21-11)8-5-6-3-1-2-4-7(6)16-8/h1-4,8,16H,5H2. The normalized spacial score (nSPS) is 18.0. The number of rotatable bonds is 1. The quantitative estimate of drug-likeness (QED) is 0.751. The highest BCUT2D eigenvalue weighted by atomic mass is 32.1. The Labute approximate surface area is 120 Å². The van der Waals surface area contributed by atoms with Crippen LogP contribution in [0, 0.1) is 0 Å². The van der Waals surface area contributed by atoms with Gasteiger partial charge in [-0.15, -0.1) is 10.2 Å². The van der Waals surface area contributed by atoms with Gasteiger partial charge >= 0.3 is 6.18 Å². The van der Waals surface area contributed by atoms with Crippen molar-refractivity contribution < 1.29 is 13.2 Å². The summed E-state index contributed by atoms with van der Waals surface area (Å²) in [6, 6.07) is 7.65. The van der Waals surface area contributed by atoms with Crippen LogP contribution in [0.2, 0.25) is 0 Å². The van der Waals surface area contributed by atoms with Gasteiger partial charge in [-0.05, 0) is 11.6 Å². The number of para-hydroxylation sites is 1. The van der Waals surface area contributed by atoms with E-state index in [-0.39, 0.29) is 11.0 Å². The molecule has 1 N–H and O–H groups in total. The predicted octanol–water partition coefficient (Wildman–Crippen LogP) is 2.91. The topological polar surface area (TPSA) is 55.1 Å². The van der Waals surface area contributed by atoms with Gasteiger partial charge in [0.05, 0.1) is 6.04 Å². The van der Waals surface area contributed by atoms with Gasteiger partial charge in [-0.25, -0.2) is 0 Å². The second-order valence-corrected chi connectivity index (χ2v) is 5.70. The first-order valence-electron chi connectivity index (χ1n) is 6.16. The Hall–Kier alpha value is -2.16. The molecule has 0 saturated carbocycles. The molecule has 0 bridgehead atoms. The maximum absolute atomic E-state index is 12.8. The number of hydrogen-bond donors (Lipinski definition) is 1. The Morgan fingerprint density at radius 3 is 2.81 bits per heavy atom. The van der Waals surface area contributed by atoms with E-state index in [2.05, 4.69) is 20.6 Å². The lowest BCUT2D eigenvalue weighted by Crippen LogP contribution is -2.12. The maximum Gasteiger partial charge on any atom is 0.453 e. The second-order valence-electron chi connectivity index (χ2n) is 4.71. The molecule has 108 valence electrons. The van der Waals surface area contributed by atoms with Gasteiger partial charge < -0.3 is 5.32 Å². The third kappa shape index (κ3) is 1.96. The minimum atomic E-state index is -4.56. The van der Waals surface area contributed by atoms with Gasteiger partial charge in [0.2, 0.25) is 4.96 Å². The zero-order valence-corrected chi connectivity index (χ0v) is 11.2. The van der Waals surface area contributed by atoms with E-state index in [1.54, 1.807) is 0 Å². The molecule has 0 spiro atoms. The number of aromatic nitrogens is 4. The number of alkyl halides is 3. The number of nitrogens with zero attached hydrogens (tertiary/aromatic N) is 4. The van der Waals surface area contributed by atoms with Crippen molar-refractivity contribution >= 4 is 22.0 Å². The minimum absolute atomic E-state index is 0.129. The fourth-order valence-corrected chi connectivity index (χ4v) is 3.29. The van der Waals surface area contributed by atoms with Gasteiger partial charge in [-0.3, -0.25) is 0 Å². The van der Waals surface area contributed by atoms with Crippen molar-refractivity contribution in [3.63, 3.8) is 0 Å². The third-order valence-corrected chi connectivity index (χ3v) is 4.34. The summed E-state index contributed by atoms with van der Waals surface area (Å²) in [4.78, 5) is 0.148. The smallest absolute Gasteiger partial charge is 0.375 e. The molecule has 1 unspecified atom stereocenters. The Balaban J connectivity index is 1.72. The third-order valence-electron chi connectivity index (χ3n) is 3.33. The fraction of sp³-hybridized carbons (Fsp3) is 0.250. The summed E-state index contributed by atoms with van der Waals surface area (Å²) in [5.74, 6) is -1.09. The highest BCUT2D eigenvalue weighted by Crippen LogP contribution is 2.36. The Kier molecular flexibility index (Phi) is 2.49. The summed E-state index contributed by atoms with van der Waals surface area (Å²) in [6.45, 7) is 0. The van der Waals surface area contributed by atoms with Crippen LogP contribution in [-0.4, -0.2) is 19.8 Å². The van der Waals surface area contributed by atoms with E-state index >= 15 is 0 Å². The number of nitrogens with one attached hydrogen (secondary N) is 1. The van der Waals surface area contributed by atoms with Gasteiger partial charge in [0, 0.05) is 12.1 Å². The lowest BCUT2D eigenvalue weighted by atomic mass is 10.1. The average Bonchev–Trinajstić information content (AvgIpc) is 3.09. The van der Waals surface area contributed by atoms with Crippen LogP contribution in [0.4, 0.5) is 18.9 Å². The number of hydrogen-bond acceptors (Lipinski definition) is 5. The molecule has 0 saturated heterocycles. The molecule has 3 aromatic rings. The van der Waals surface area contributed by atoms with Crippen molar-refractivity contribution in [2.45, 2.75) is 18.6 Å². The zero-order valence-electron chi connectivity index (χ0n) is 10.4. The van der Waals surface area contributed by atoms with Crippen molar-refractivity contribution in [2.24, 2.45) is 0 Å². The minimum Gasteiger partial charge on any atom is -0.375 e. The first kappa shape index (κ1) is 12.6. The molecule has 9 heteroatoms. The molecule has 0 radical (unpaired) electrons. The van der Waals surface area contributed by atoms with Crippen LogP contribution in [0.1, 0.15) is 22.4 Å². The summed E-state index contributed by atoms with van der Waals surface area (Å²) < 4.78 is 39.1. The van der Waals surface area contributed by atoms with Crippen LogP contribution in [0.5, 0.6) is 0 Å². The molecule has 5 nitrogen and oxygen atoms in total. The highest BCUT2D eigenvalue weighted by Gasteiger charge is 2.38. The Bertz CT molecular complexity index is 797.